The Hall–Kier alpha value is -2.70. The van der Waals surface area contributed by atoms with Gasteiger partial charge in [0.25, 0.3) is 11.8 Å². The van der Waals surface area contributed by atoms with Crippen LogP contribution in [0.4, 0.5) is 5.69 Å². The van der Waals surface area contributed by atoms with Crippen LogP contribution < -0.4 is 5.32 Å². The van der Waals surface area contributed by atoms with Crippen LogP contribution in [0.2, 0.25) is 5.02 Å². The fraction of sp³-hybridized carbons (Fsp3) is 0.217. The minimum Gasteiger partial charge on any atom is -0.451 e. The van der Waals surface area contributed by atoms with Gasteiger partial charge in [-0.25, -0.2) is 0 Å². The van der Waals surface area contributed by atoms with Crippen LogP contribution in [0.3, 0.4) is 0 Å². The molecular formula is C23H21ClN2O3S. The molecule has 2 aromatic carbocycles. The molecule has 0 unspecified atom stereocenters. The number of hydrogen-bond acceptors (Lipinski definition) is 4. The first-order valence-electron chi connectivity index (χ1n) is 9.66. The molecule has 5 nitrogen and oxygen atoms in total. The molecule has 1 fully saturated rings. The molecule has 0 spiro atoms. The van der Waals surface area contributed by atoms with E-state index in [1.165, 1.54) is 0 Å². The lowest BCUT2D eigenvalue weighted by molar-refractivity contribution is 0.0772. The first-order chi connectivity index (χ1) is 14.5. The molecule has 2 heterocycles. The number of benzene rings is 2. The molecule has 1 N–H and O–H groups in total. The van der Waals surface area contributed by atoms with Crippen LogP contribution in [-0.2, 0) is 0 Å². The Bertz CT molecular complexity index is 1090. The van der Waals surface area contributed by atoms with Gasteiger partial charge in [-0.1, -0.05) is 23.7 Å². The van der Waals surface area contributed by atoms with Crippen molar-refractivity contribution in [1.29, 1.82) is 0 Å². The van der Waals surface area contributed by atoms with E-state index in [9.17, 15) is 9.59 Å². The van der Waals surface area contributed by atoms with E-state index in [0.29, 0.717) is 22.0 Å². The Morgan fingerprint density at radius 1 is 1.07 bits per heavy atom. The zero-order valence-corrected chi connectivity index (χ0v) is 18.1. The van der Waals surface area contributed by atoms with Crippen molar-refractivity contribution in [3.05, 3.63) is 76.5 Å². The molecule has 1 aliphatic rings. The third kappa shape index (κ3) is 4.40. The predicted molar refractivity (Wildman–Crippen MR) is 122 cm³/mol. The number of rotatable bonds is 4. The molecule has 0 atom stereocenters. The molecule has 1 aliphatic heterocycles. The second-order valence-electron chi connectivity index (χ2n) is 7.03. The van der Waals surface area contributed by atoms with Crippen LogP contribution in [0.15, 0.2) is 59.0 Å². The van der Waals surface area contributed by atoms with Crippen LogP contribution in [0.5, 0.6) is 0 Å². The minimum absolute atomic E-state index is 0.0340. The summed E-state index contributed by atoms with van der Waals surface area (Å²) < 4.78 is 5.71. The van der Waals surface area contributed by atoms with E-state index in [1.54, 1.807) is 30.3 Å². The number of amides is 2. The number of nitrogens with zero attached hydrogens (tertiary/aromatic N) is 1. The zero-order valence-electron chi connectivity index (χ0n) is 16.5. The lowest BCUT2D eigenvalue weighted by atomic mass is 10.1. The number of carbonyl (C=O) groups is 2. The number of halogens is 1. The van der Waals surface area contributed by atoms with E-state index in [4.69, 9.17) is 16.0 Å². The summed E-state index contributed by atoms with van der Waals surface area (Å²) in [6, 6.07) is 16.0. The van der Waals surface area contributed by atoms with E-state index in [2.05, 4.69) is 5.32 Å². The molecule has 0 radical (unpaired) electrons. The summed E-state index contributed by atoms with van der Waals surface area (Å²) in [6.07, 6.45) is 0. The topological polar surface area (TPSA) is 62.6 Å². The molecule has 154 valence electrons. The molecule has 0 saturated carbocycles. The fourth-order valence-electron chi connectivity index (χ4n) is 3.34. The van der Waals surface area contributed by atoms with Crippen LogP contribution in [0.25, 0.3) is 11.3 Å². The monoisotopic (exact) mass is 440 g/mol. The van der Waals surface area contributed by atoms with Gasteiger partial charge in [-0.05, 0) is 55.0 Å². The molecule has 4 rings (SSSR count). The number of anilines is 1. The third-order valence-electron chi connectivity index (χ3n) is 4.99. The largest absolute Gasteiger partial charge is 0.451 e. The van der Waals surface area contributed by atoms with Gasteiger partial charge in [0, 0.05) is 41.4 Å². The molecular weight excluding hydrogens is 420 g/mol. The first-order valence-corrected chi connectivity index (χ1v) is 11.2. The molecule has 0 aliphatic carbocycles. The quantitative estimate of drug-likeness (QED) is 0.594. The highest BCUT2D eigenvalue weighted by Crippen LogP contribution is 2.29. The summed E-state index contributed by atoms with van der Waals surface area (Å²) in [5.74, 6) is 2.34. The van der Waals surface area contributed by atoms with Gasteiger partial charge in [0.1, 0.15) is 5.76 Å². The van der Waals surface area contributed by atoms with Gasteiger partial charge in [-0.2, -0.15) is 11.8 Å². The Labute approximate surface area is 184 Å². The van der Waals surface area contributed by atoms with Crippen molar-refractivity contribution in [2.75, 3.05) is 29.9 Å². The summed E-state index contributed by atoms with van der Waals surface area (Å²) in [7, 11) is 0. The highest BCUT2D eigenvalue weighted by atomic mass is 35.5. The van der Waals surface area contributed by atoms with Gasteiger partial charge in [0.05, 0.1) is 5.02 Å². The second kappa shape index (κ2) is 8.98. The van der Waals surface area contributed by atoms with Gasteiger partial charge >= 0.3 is 0 Å². The smallest absolute Gasteiger partial charge is 0.291 e. The number of hydrogen-bond donors (Lipinski definition) is 1. The number of aryl methyl sites for hydroxylation is 1. The van der Waals surface area contributed by atoms with Crippen LogP contribution in [0.1, 0.15) is 26.5 Å². The van der Waals surface area contributed by atoms with E-state index in [1.807, 2.05) is 47.9 Å². The third-order valence-corrected chi connectivity index (χ3v) is 6.26. The maximum Gasteiger partial charge on any atom is 0.291 e. The number of thioether (sulfide) groups is 1. The minimum atomic E-state index is -0.358. The lowest BCUT2D eigenvalue weighted by Gasteiger charge is -2.26. The average molecular weight is 441 g/mol. The summed E-state index contributed by atoms with van der Waals surface area (Å²) in [5, 5.41) is 3.42. The fourth-order valence-corrected chi connectivity index (χ4v) is 4.47. The van der Waals surface area contributed by atoms with Crippen molar-refractivity contribution in [2.45, 2.75) is 6.92 Å². The summed E-state index contributed by atoms with van der Waals surface area (Å²) in [5.41, 5.74) is 2.82. The van der Waals surface area contributed by atoms with E-state index < -0.39 is 0 Å². The van der Waals surface area contributed by atoms with Crippen molar-refractivity contribution in [3.8, 4) is 11.3 Å². The van der Waals surface area contributed by atoms with Gasteiger partial charge in [-0.15, -0.1) is 0 Å². The van der Waals surface area contributed by atoms with Crippen molar-refractivity contribution < 1.29 is 14.0 Å². The van der Waals surface area contributed by atoms with Crippen molar-refractivity contribution in [3.63, 3.8) is 0 Å². The Balaban J connectivity index is 1.47. The first kappa shape index (κ1) is 20.6. The molecule has 7 heteroatoms. The lowest BCUT2D eigenvalue weighted by Crippen LogP contribution is -2.37. The average Bonchev–Trinajstić information content (AvgIpc) is 3.26. The normalized spacial score (nSPS) is 13.9. The molecule has 0 bridgehead atoms. The number of carbonyl (C=O) groups excluding carboxylic acids is 2. The van der Waals surface area contributed by atoms with Crippen LogP contribution in [-0.4, -0.2) is 41.3 Å². The van der Waals surface area contributed by atoms with Crippen molar-refractivity contribution in [2.24, 2.45) is 0 Å². The molecule has 30 heavy (non-hydrogen) atoms. The SMILES string of the molecule is Cc1cc(C(=O)N2CCSCC2)ccc1NC(=O)c1ccc(-c2ccccc2Cl)o1. The highest BCUT2D eigenvalue weighted by molar-refractivity contribution is 7.99. The van der Waals surface area contributed by atoms with Crippen LogP contribution >= 0.6 is 23.4 Å². The van der Waals surface area contributed by atoms with Gasteiger partial charge < -0.3 is 14.6 Å². The standard InChI is InChI=1S/C23H21ClN2O3S/c1-15-14-16(23(28)26-10-12-30-13-11-26)6-7-19(15)25-22(27)21-9-8-20(29-21)17-4-2-3-5-18(17)24/h2-9,14H,10-13H2,1H3,(H,25,27). The van der Waals surface area contributed by atoms with E-state index >= 15 is 0 Å². The molecule has 1 aromatic heterocycles. The Morgan fingerprint density at radius 3 is 2.57 bits per heavy atom. The Kier molecular flexibility index (Phi) is 6.16. The van der Waals surface area contributed by atoms with E-state index in [0.717, 1.165) is 35.7 Å². The maximum absolute atomic E-state index is 12.7. The van der Waals surface area contributed by atoms with Gasteiger partial charge in [0.2, 0.25) is 0 Å². The van der Waals surface area contributed by atoms with Gasteiger partial charge in [0.15, 0.2) is 5.76 Å². The molecule has 1 saturated heterocycles. The van der Waals surface area contributed by atoms with E-state index in [-0.39, 0.29) is 17.6 Å². The van der Waals surface area contributed by atoms with Crippen LogP contribution in [0, 0.1) is 6.92 Å². The van der Waals surface area contributed by atoms with Crippen molar-refractivity contribution in [1.82, 2.24) is 4.90 Å². The molecule has 3 aromatic rings. The Morgan fingerprint density at radius 2 is 1.83 bits per heavy atom. The zero-order chi connectivity index (χ0) is 21.1. The highest BCUT2D eigenvalue weighted by Gasteiger charge is 2.20. The van der Waals surface area contributed by atoms with Crippen molar-refractivity contribution >= 4 is 40.9 Å². The summed E-state index contributed by atoms with van der Waals surface area (Å²) >= 11 is 8.07. The number of nitrogens with one attached hydrogen (secondary N) is 1. The second-order valence-corrected chi connectivity index (χ2v) is 8.66. The number of furan rings is 1. The summed E-state index contributed by atoms with van der Waals surface area (Å²) in [6.45, 7) is 3.41. The van der Waals surface area contributed by atoms with Gasteiger partial charge in [-0.3, -0.25) is 9.59 Å². The summed E-state index contributed by atoms with van der Waals surface area (Å²) in [4.78, 5) is 27.2. The predicted octanol–water partition coefficient (Wildman–Crippen LogP) is 5.35. The maximum atomic E-state index is 12.7. The molecule has 2 amide bonds.